The minimum absolute atomic E-state index is 0.137. The molecule has 4 heteroatoms. The Hall–Kier alpha value is -3.63. The molecule has 3 nitrogen and oxygen atoms in total. The molecule has 0 fully saturated rings. The lowest BCUT2D eigenvalue weighted by Gasteiger charge is -2.12. The molecule has 0 aliphatic heterocycles. The smallest absolute Gasteiger partial charge is 0.123 e. The molecule has 0 aliphatic rings. The van der Waals surface area contributed by atoms with E-state index in [1.54, 1.807) is 12.3 Å². The van der Waals surface area contributed by atoms with Crippen molar-refractivity contribution in [1.29, 1.82) is 0 Å². The highest BCUT2D eigenvalue weighted by molar-refractivity contribution is 5.98. The lowest BCUT2D eigenvalue weighted by molar-refractivity contribution is 0.449. The average molecular weight is 572 g/mol. The second-order valence-electron chi connectivity index (χ2n) is 10.4. The average Bonchev–Trinajstić information content (AvgIpc) is 2.94. The largest absolute Gasteiger partial charge is 0.305 e. The lowest BCUT2D eigenvalue weighted by Crippen LogP contribution is -2.14. The molecule has 0 amide bonds. The molecule has 2 aromatic rings. The van der Waals surface area contributed by atoms with Gasteiger partial charge in [-0.25, -0.2) is 4.39 Å². The van der Waals surface area contributed by atoms with Gasteiger partial charge < -0.3 is 4.90 Å². The molecule has 0 aromatic heterocycles. The maximum Gasteiger partial charge on any atom is 0.123 e. The van der Waals surface area contributed by atoms with Gasteiger partial charge in [-0.1, -0.05) is 75.4 Å². The molecule has 2 aromatic carbocycles. The van der Waals surface area contributed by atoms with Crippen LogP contribution in [0.4, 0.5) is 4.39 Å². The van der Waals surface area contributed by atoms with Crippen molar-refractivity contribution < 1.29 is 4.39 Å². The Morgan fingerprint density at radius 1 is 0.952 bits per heavy atom. The van der Waals surface area contributed by atoms with Crippen LogP contribution in [0.15, 0.2) is 106 Å². The van der Waals surface area contributed by atoms with Gasteiger partial charge in [-0.2, -0.15) is 0 Å². The zero-order chi connectivity index (χ0) is 32.2. The van der Waals surface area contributed by atoms with Gasteiger partial charge in [0.2, 0.25) is 0 Å². The Kier molecular flexibility index (Phi) is 19.3. The zero-order valence-electron chi connectivity index (χ0n) is 28.3. The first kappa shape index (κ1) is 38.4. The lowest BCUT2D eigenvalue weighted by atomic mass is 10.0. The first-order valence-electron chi connectivity index (χ1n) is 14.8. The van der Waals surface area contributed by atoms with Crippen molar-refractivity contribution in [2.24, 2.45) is 9.98 Å². The van der Waals surface area contributed by atoms with Crippen LogP contribution in [0.1, 0.15) is 77.6 Å². The van der Waals surface area contributed by atoms with E-state index in [1.807, 2.05) is 67.5 Å². The fourth-order valence-corrected chi connectivity index (χ4v) is 3.85. The third-order valence-electron chi connectivity index (χ3n) is 6.02. The van der Waals surface area contributed by atoms with Gasteiger partial charge in [0, 0.05) is 29.7 Å². The van der Waals surface area contributed by atoms with Crippen molar-refractivity contribution >= 4 is 17.1 Å². The Bertz CT molecular complexity index is 1300. The molecule has 0 aliphatic carbocycles. The van der Waals surface area contributed by atoms with Crippen LogP contribution in [-0.2, 0) is 6.42 Å². The number of nitrogens with zero attached hydrogens (tertiary/aromatic N) is 3. The van der Waals surface area contributed by atoms with Gasteiger partial charge in [0.1, 0.15) is 5.82 Å². The van der Waals surface area contributed by atoms with Crippen LogP contribution in [-0.4, -0.2) is 37.0 Å². The number of rotatable bonds is 10. The number of hydrogen-bond acceptors (Lipinski definition) is 3. The van der Waals surface area contributed by atoms with E-state index in [0.29, 0.717) is 0 Å². The van der Waals surface area contributed by atoms with Gasteiger partial charge in [-0.15, -0.1) is 0 Å². The molecule has 0 N–H and O–H groups in total. The molecule has 0 heterocycles. The molecule has 0 atom stereocenters. The Labute approximate surface area is 256 Å². The molecular weight excluding hydrogens is 517 g/mol. The summed E-state index contributed by atoms with van der Waals surface area (Å²) in [6, 6.07) is 13.4. The summed E-state index contributed by atoms with van der Waals surface area (Å²) >= 11 is 0. The number of hydrogen-bond donors (Lipinski definition) is 0. The molecule has 42 heavy (non-hydrogen) atoms. The van der Waals surface area contributed by atoms with E-state index >= 15 is 0 Å². The molecular formula is C38H54FN3. The second-order valence-corrected chi connectivity index (χ2v) is 10.4. The first-order chi connectivity index (χ1) is 19.9. The van der Waals surface area contributed by atoms with Crippen molar-refractivity contribution in [1.82, 2.24) is 4.90 Å². The summed E-state index contributed by atoms with van der Waals surface area (Å²) in [7, 11) is 4.14. The van der Waals surface area contributed by atoms with Gasteiger partial charge in [-0.05, 0) is 121 Å². The number of aliphatic imine (C=N–C) groups is 2. The van der Waals surface area contributed by atoms with Gasteiger partial charge >= 0.3 is 0 Å². The summed E-state index contributed by atoms with van der Waals surface area (Å²) in [5.74, 6) is -0.137. The van der Waals surface area contributed by atoms with Crippen LogP contribution in [0, 0.1) is 19.7 Å². The van der Waals surface area contributed by atoms with E-state index in [-0.39, 0.29) is 5.82 Å². The van der Waals surface area contributed by atoms with Crippen LogP contribution in [0.25, 0.3) is 5.70 Å². The molecule has 228 valence electrons. The summed E-state index contributed by atoms with van der Waals surface area (Å²) in [6.45, 7) is 25.3. The molecule has 0 saturated heterocycles. The molecule has 0 unspecified atom stereocenters. The highest BCUT2D eigenvalue weighted by Gasteiger charge is 2.08. The first-order valence-corrected chi connectivity index (χ1v) is 14.8. The number of benzene rings is 2. The predicted molar refractivity (Wildman–Crippen MR) is 187 cm³/mol. The van der Waals surface area contributed by atoms with Crippen LogP contribution in [0.2, 0.25) is 0 Å². The SMILES string of the molecule is C=C(/C=C\N=C(C)C)/C(C)=C(/N=C(C)/C=C(\C=C/C)CN(C)C)c1ccc(C)cc1.CC.CCc1cc(F)ccc1C. The minimum atomic E-state index is -0.137. The van der Waals surface area contributed by atoms with Gasteiger partial charge in [0.05, 0.1) is 5.70 Å². The quantitative estimate of drug-likeness (QED) is 0.206. The topological polar surface area (TPSA) is 28.0 Å². The Morgan fingerprint density at radius 3 is 2.07 bits per heavy atom. The monoisotopic (exact) mass is 571 g/mol. The fourth-order valence-electron chi connectivity index (χ4n) is 3.85. The highest BCUT2D eigenvalue weighted by atomic mass is 19.1. The van der Waals surface area contributed by atoms with Gasteiger partial charge in [0.25, 0.3) is 0 Å². The standard InChI is InChI=1S/C27H37N3.C9H11F.C2H6/c1-10-11-25(19-30(8)9)18-23(6)29-27(26-14-12-21(4)13-15-26)24(7)22(5)16-17-28-20(2)3;1-3-8-6-9(10)5-4-7(8)2;1-2/h10-18H,5,19H2,1-4,6-9H3;4-6H,3H2,1-2H3;1-2H3/b11-10-,17-16-,25-18+,27-24+,29-23+;;. The summed E-state index contributed by atoms with van der Waals surface area (Å²) in [5.41, 5.74) is 10.6. The van der Waals surface area contributed by atoms with E-state index < -0.39 is 0 Å². The minimum Gasteiger partial charge on any atom is -0.305 e. The number of allylic oxidation sites excluding steroid dienone is 5. The second kappa shape index (κ2) is 21.1. The maximum absolute atomic E-state index is 12.5. The molecule has 0 bridgehead atoms. The molecule has 2 rings (SSSR count). The molecule has 0 spiro atoms. The molecule has 0 saturated carbocycles. The Balaban J connectivity index is 0.00000116. The van der Waals surface area contributed by atoms with Crippen LogP contribution in [0.5, 0.6) is 0 Å². The zero-order valence-corrected chi connectivity index (χ0v) is 28.3. The Morgan fingerprint density at radius 2 is 1.57 bits per heavy atom. The van der Waals surface area contributed by atoms with Gasteiger partial charge in [0.15, 0.2) is 0 Å². The van der Waals surface area contributed by atoms with Crippen molar-refractivity contribution in [3.8, 4) is 0 Å². The van der Waals surface area contributed by atoms with Gasteiger partial charge in [-0.3, -0.25) is 9.98 Å². The summed E-state index contributed by atoms with van der Waals surface area (Å²) in [6.07, 6.45) is 11.0. The number of aryl methyl sites for hydroxylation is 3. The maximum atomic E-state index is 12.5. The number of halogens is 1. The fraction of sp³-hybridized carbons (Fsp3) is 0.368. The summed E-state index contributed by atoms with van der Waals surface area (Å²) < 4.78 is 12.5. The predicted octanol–water partition coefficient (Wildman–Crippen LogP) is 10.5. The summed E-state index contributed by atoms with van der Waals surface area (Å²) in [5, 5.41) is 0. The third kappa shape index (κ3) is 15.4. The normalized spacial score (nSPS) is 12.4. The van der Waals surface area contributed by atoms with E-state index in [2.05, 4.69) is 86.9 Å². The van der Waals surface area contributed by atoms with E-state index in [9.17, 15) is 4.39 Å². The van der Waals surface area contributed by atoms with Crippen molar-refractivity contribution in [3.05, 3.63) is 124 Å². The van der Waals surface area contributed by atoms with E-state index in [4.69, 9.17) is 4.99 Å². The van der Waals surface area contributed by atoms with Crippen LogP contribution < -0.4 is 0 Å². The van der Waals surface area contributed by atoms with Crippen LogP contribution in [0.3, 0.4) is 0 Å². The number of likely N-dealkylation sites (N-methyl/N-ethyl adjacent to an activating group) is 1. The van der Waals surface area contributed by atoms with Crippen LogP contribution >= 0.6 is 0 Å². The summed E-state index contributed by atoms with van der Waals surface area (Å²) in [4.78, 5) is 11.5. The van der Waals surface area contributed by atoms with Crippen molar-refractivity contribution in [2.75, 3.05) is 20.6 Å². The highest BCUT2D eigenvalue weighted by Crippen LogP contribution is 2.26. The third-order valence-corrected chi connectivity index (χ3v) is 6.02. The molecule has 0 radical (unpaired) electrons. The van der Waals surface area contributed by atoms with Crippen molar-refractivity contribution in [2.45, 2.75) is 75.7 Å². The van der Waals surface area contributed by atoms with E-state index in [0.717, 1.165) is 52.4 Å². The van der Waals surface area contributed by atoms with E-state index in [1.165, 1.54) is 22.8 Å². The van der Waals surface area contributed by atoms with Crippen molar-refractivity contribution in [3.63, 3.8) is 0 Å².